The van der Waals surface area contributed by atoms with Crippen molar-refractivity contribution >= 4 is 40.3 Å². The minimum Gasteiger partial charge on any atom is -0.504 e. The highest BCUT2D eigenvalue weighted by Gasteiger charge is 2.11. The van der Waals surface area contributed by atoms with Crippen molar-refractivity contribution in [1.82, 2.24) is 15.4 Å². The summed E-state index contributed by atoms with van der Waals surface area (Å²) >= 11 is 5.85. The van der Waals surface area contributed by atoms with Crippen molar-refractivity contribution < 1.29 is 29.0 Å². The van der Waals surface area contributed by atoms with Gasteiger partial charge in [-0.15, -0.1) is 0 Å². The normalized spacial score (nSPS) is 10.3. The molecule has 4 N–H and O–H groups in total. The van der Waals surface area contributed by atoms with Crippen molar-refractivity contribution in [2.24, 2.45) is 0 Å². The van der Waals surface area contributed by atoms with Crippen LogP contribution >= 0.6 is 11.6 Å². The fraction of sp³-hybridized carbons (Fsp3) is 0.160. The van der Waals surface area contributed by atoms with Gasteiger partial charge in [-0.1, -0.05) is 11.6 Å². The summed E-state index contributed by atoms with van der Waals surface area (Å²) < 4.78 is 24.8. The van der Waals surface area contributed by atoms with E-state index in [1.807, 2.05) is 0 Å². The molecule has 0 radical (unpaired) electrons. The molecule has 0 spiro atoms. The van der Waals surface area contributed by atoms with Gasteiger partial charge in [0, 0.05) is 36.2 Å². The van der Waals surface area contributed by atoms with E-state index < -0.39 is 5.82 Å². The third kappa shape index (κ3) is 7.25. The predicted molar refractivity (Wildman–Crippen MR) is 134 cm³/mol. The first-order chi connectivity index (χ1) is 17.4. The number of fused-ring (bicyclic) bond motifs is 1. The summed E-state index contributed by atoms with van der Waals surface area (Å²) in [5.74, 6) is 0.810. The lowest BCUT2D eigenvalue weighted by Gasteiger charge is -2.12. The molecule has 4 rings (SSSR count). The Bertz CT molecular complexity index is 1310. The molecule has 0 saturated carbocycles. The van der Waals surface area contributed by atoms with Gasteiger partial charge < -0.3 is 25.1 Å². The number of ether oxygens (including phenoxy) is 2. The van der Waals surface area contributed by atoms with Crippen LogP contribution in [0.4, 0.5) is 15.9 Å². The van der Waals surface area contributed by atoms with Crippen LogP contribution in [0.2, 0.25) is 5.02 Å². The number of aromatic nitrogens is 2. The molecule has 0 aliphatic rings. The maximum absolute atomic E-state index is 13.4. The summed E-state index contributed by atoms with van der Waals surface area (Å²) in [7, 11) is 1.43. The first-order valence-corrected chi connectivity index (χ1v) is 11.1. The van der Waals surface area contributed by atoms with Crippen LogP contribution in [0.1, 0.15) is 16.8 Å². The van der Waals surface area contributed by atoms with E-state index in [0.29, 0.717) is 53.4 Å². The van der Waals surface area contributed by atoms with Crippen molar-refractivity contribution in [3.05, 3.63) is 77.3 Å². The Kier molecular flexibility index (Phi) is 9.75. The van der Waals surface area contributed by atoms with Crippen molar-refractivity contribution in [3.8, 4) is 17.2 Å². The molecule has 9 nitrogen and oxygen atoms in total. The lowest BCUT2D eigenvalue weighted by molar-refractivity contribution is 0.112. The molecule has 0 saturated heterocycles. The molecule has 4 aromatic rings. The fourth-order valence-corrected chi connectivity index (χ4v) is 3.25. The van der Waals surface area contributed by atoms with Crippen molar-refractivity contribution in [1.29, 1.82) is 0 Å². The van der Waals surface area contributed by atoms with Crippen molar-refractivity contribution in [2.45, 2.75) is 6.42 Å². The molecule has 0 bridgehead atoms. The quantitative estimate of drug-likeness (QED) is 0.137. The van der Waals surface area contributed by atoms with Gasteiger partial charge in [0.05, 0.1) is 23.8 Å². The van der Waals surface area contributed by atoms with E-state index in [2.05, 4.69) is 15.3 Å². The summed E-state index contributed by atoms with van der Waals surface area (Å²) in [4.78, 5) is 19.1. The first kappa shape index (κ1) is 26.6. The van der Waals surface area contributed by atoms with Gasteiger partial charge in [0.1, 0.15) is 30.0 Å². The Morgan fingerprint density at radius 3 is 2.47 bits per heavy atom. The van der Waals surface area contributed by atoms with E-state index in [1.54, 1.807) is 41.9 Å². The number of phenolic OH excluding ortho intramolecular Hbond substituents is 1. The zero-order valence-corrected chi connectivity index (χ0v) is 20.0. The van der Waals surface area contributed by atoms with Gasteiger partial charge in [-0.25, -0.2) is 19.8 Å². The Balaban J connectivity index is 0.00000115. The van der Waals surface area contributed by atoms with Crippen LogP contribution in [-0.4, -0.2) is 46.8 Å². The molecule has 0 amide bonds. The average molecular weight is 515 g/mol. The molecule has 0 fully saturated rings. The predicted octanol–water partition coefficient (Wildman–Crippen LogP) is 5.13. The Labute approximate surface area is 211 Å². The van der Waals surface area contributed by atoms with Gasteiger partial charge in [0.25, 0.3) is 0 Å². The van der Waals surface area contributed by atoms with Crippen LogP contribution in [-0.2, 0) is 0 Å². The fourth-order valence-electron chi connectivity index (χ4n) is 3.07. The first-order valence-electron chi connectivity index (χ1n) is 10.8. The third-order valence-corrected chi connectivity index (χ3v) is 5.02. The number of hydrogen-bond donors (Lipinski definition) is 4. The second kappa shape index (κ2) is 13.2. The van der Waals surface area contributed by atoms with Gasteiger partial charge in [0.2, 0.25) is 0 Å². The molecule has 1 aromatic heterocycles. The molecule has 0 aliphatic carbocycles. The zero-order chi connectivity index (χ0) is 25.9. The van der Waals surface area contributed by atoms with E-state index in [4.69, 9.17) is 26.3 Å². The number of benzene rings is 3. The number of aldehydes is 1. The van der Waals surface area contributed by atoms with Crippen LogP contribution in [0.25, 0.3) is 10.9 Å². The Hall–Kier alpha value is -3.99. The number of carbonyl (C=O) groups excluding carboxylic acids is 1. The Morgan fingerprint density at radius 2 is 1.78 bits per heavy atom. The van der Waals surface area contributed by atoms with Crippen LogP contribution in [0.15, 0.2) is 60.9 Å². The molecule has 188 valence electrons. The number of nitrogens with zero attached hydrogens (tertiary/aromatic N) is 2. The van der Waals surface area contributed by atoms with Crippen LogP contribution in [0, 0.1) is 5.82 Å². The van der Waals surface area contributed by atoms with Crippen molar-refractivity contribution in [2.75, 3.05) is 25.6 Å². The molecular formula is C25H24ClFN4O5. The number of phenols is 1. The molecule has 3 aromatic carbocycles. The highest BCUT2D eigenvalue weighted by molar-refractivity contribution is 6.31. The number of hydroxylamine groups is 1. The molecule has 11 heteroatoms. The number of hydrogen-bond acceptors (Lipinski definition) is 9. The van der Waals surface area contributed by atoms with Crippen molar-refractivity contribution in [3.63, 3.8) is 0 Å². The smallest absolute Gasteiger partial charge is 0.161 e. The summed E-state index contributed by atoms with van der Waals surface area (Å²) in [6.45, 7) is 0.700. The van der Waals surface area contributed by atoms with Gasteiger partial charge >= 0.3 is 0 Å². The highest BCUT2D eigenvalue weighted by atomic mass is 35.5. The molecule has 0 atom stereocenters. The zero-order valence-electron chi connectivity index (χ0n) is 19.2. The monoisotopic (exact) mass is 514 g/mol. The van der Waals surface area contributed by atoms with Gasteiger partial charge in [-0.3, -0.25) is 4.79 Å². The average Bonchev–Trinajstić information content (AvgIpc) is 2.87. The lowest BCUT2D eigenvalue weighted by Crippen LogP contribution is -2.05. The highest BCUT2D eigenvalue weighted by Crippen LogP contribution is 2.34. The van der Waals surface area contributed by atoms with Crippen LogP contribution < -0.4 is 20.3 Å². The summed E-state index contributed by atoms with van der Waals surface area (Å²) in [5, 5.41) is 21.3. The van der Waals surface area contributed by atoms with E-state index >= 15 is 0 Å². The van der Waals surface area contributed by atoms with E-state index in [0.717, 1.165) is 6.29 Å². The second-order valence-corrected chi connectivity index (χ2v) is 7.68. The number of anilines is 2. The molecular weight excluding hydrogens is 491 g/mol. The van der Waals surface area contributed by atoms with E-state index in [1.165, 1.54) is 31.6 Å². The summed E-state index contributed by atoms with van der Waals surface area (Å²) in [6, 6.07) is 14.2. The van der Waals surface area contributed by atoms with Gasteiger partial charge in [-0.05, 0) is 48.5 Å². The van der Waals surface area contributed by atoms with E-state index in [9.17, 15) is 14.3 Å². The maximum Gasteiger partial charge on any atom is 0.161 e. The van der Waals surface area contributed by atoms with Crippen LogP contribution in [0.3, 0.4) is 0 Å². The number of carbonyl (C=O) groups is 1. The minimum absolute atomic E-state index is 0.0121. The molecule has 1 heterocycles. The summed E-state index contributed by atoms with van der Waals surface area (Å²) in [5.41, 5.74) is 3.39. The largest absolute Gasteiger partial charge is 0.504 e. The maximum atomic E-state index is 13.4. The Morgan fingerprint density at radius 1 is 1.06 bits per heavy atom. The van der Waals surface area contributed by atoms with E-state index in [-0.39, 0.29) is 16.5 Å². The molecule has 0 aliphatic heterocycles. The second-order valence-electron chi connectivity index (χ2n) is 7.27. The summed E-state index contributed by atoms with van der Waals surface area (Å²) in [6.07, 6.45) is 2.70. The molecule has 36 heavy (non-hydrogen) atoms. The number of aromatic hydroxyl groups is 1. The number of halogens is 2. The van der Waals surface area contributed by atoms with Crippen LogP contribution in [0.5, 0.6) is 17.2 Å². The minimum atomic E-state index is -0.516. The van der Waals surface area contributed by atoms with Gasteiger partial charge in [0.15, 0.2) is 11.5 Å². The SMILES string of the molecule is CNO.O=Cc1ccc(OCCCOc2cc3c(Nc4ccc(F)c(Cl)c4)ncnc3cc2O)cc1. The number of nitrogens with one attached hydrogen (secondary N) is 2. The number of rotatable bonds is 9. The standard InChI is InChI=1S/C24H19ClFN3O4.CH5NO/c25-19-10-16(4-7-20(19)26)29-24-18-11-23(22(31)12-21(18)27-14-28-24)33-9-1-8-32-17-5-2-15(13-30)3-6-17;1-2-3/h2-7,10-14,31H,1,8-9H2,(H,27,28,29);2-3H,1H3. The topological polar surface area (TPSA) is 126 Å². The molecule has 0 unspecified atom stereocenters. The third-order valence-electron chi connectivity index (χ3n) is 4.73. The van der Waals surface area contributed by atoms with Gasteiger partial charge in [-0.2, -0.15) is 0 Å². The lowest BCUT2D eigenvalue weighted by atomic mass is 10.2.